The predicted molar refractivity (Wildman–Crippen MR) is 90.2 cm³/mol. The van der Waals surface area contributed by atoms with Crippen molar-refractivity contribution in [3.63, 3.8) is 0 Å². The zero-order valence-corrected chi connectivity index (χ0v) is 13.4. The molecule has 0 radical (unpaired) electrons. The van der Waals surface area contributed by atoms with Crippen LogP contribution in [0.15, 0.2) is 47.6 Å². The first-order chi connectivity index (χ1) is 11.3. The maximum Gasteiger partial charge on any atom is 0.119 e. The molecule has 0 saturated carbocycles. The van der Waals surface area contributed by atoms with E-state index in [4.69, 9.17) is 9.47 Å². The topological polar surface area (TPSA) is 42.8 Å². The fraction of sp³-hybridized carbons (Fsp3) is 0.316. The zero-order valence-electron chi connectivity index (χ0n) is 13.4. The van der Waals surface area contributed by atoms with Crippen molar-refractivity contribution >= 4 is 5.71 Å². The molecule has 0 spiro atoms. The lowest BCUT2D eigenvalue weighted by atomic mass is 9.77. The molecular weight excluding hydrogens is 288 g/mol. The van der Waals surface area contributed by atoms with Crippen molar-refractivity contribution in [3.05, 3.63) is 59.2 Å². The second kappa shape index (κ2) is 5.61. The first-order valence-corrected chi connectivity index (χ1v) is 7.94. The summed E-state index contributed by atoms with van der Waals surface area (Å²) < 4.78 is 10.6. The van der Waals surface area contributed by atoms with Crippen molar-refractivity contribution < 1.29 is 9.47 Å². The molecule has 4 rings (SSSR count). The van der Waals surface area contributed by atoms with Gasteiger partial charge in [0.05, 0.1) is 26.0 Å². The Balaban J connectivity index is 1.65. The molecule has 1 aliphatic heterocycles. The number of hydrazone groups is 1. The van der Waals surface area contributed by atoms with E-state index in [1.165, 1.54) is 16.7 Å². The summed E-state index contributed by atoms with van der Waals surface area (Å²) in [6, 6.07) is 14.8. The Morgan fingerprint density at radius 3 is 2.48 bits per heavy atom. The van der Waals surface area contributed by atoms with Gasteiger partial charge in [0.1, 0.15) is 11.5 Å². The third-order valence-corrected chi connectivity index (χ3v) is 4.87. The normalized spacial score (nSPS) is 21.7. The quantitative estimate of drug-likeness (QED) is 0.946. The van der Waals surface area contributed by atoms with E-state index in [-0.39, 0.29) is 6.04 Å². The van der Waals surface area contributed by atoms with E-state index in [0.717, 1.165) is 30.1 Å². The molecule has 0 fully saturated rings. The highest BCUT2D eigenvalue weighted by Crippen LogP contribution is 2.39. The summed E-state index contributed by atoms with van der Waals surface area (Å²) in [6.45, 7) is 0. The van der Waals surface area contributed by atoms with Gasteiger partial charge < -0.3 is 14.9 Å². The van der Waals surface area contributed by atoms with Crippen molar-refractivity contribution in [3.8, 4) is 11.5 Å². The number of nitrogens with one attached hydrogen (secondary N) is 1. The van der Waals surface area contributed by atoms with Gasteiger partial charge in [-0.05, 0) is 48.2 Å². The summed E-state index contributed by atoms with van der Waals surface area (Å²) in [5.74, 6) is 2.18. The van der Waals surface area contributed by atoms with Gasteiger partial charge in [0.15, 0.2) is 0 Å². The Morgan fingerprint density at radius 2 is 1.74 bits per heavy atom. The van der Waals surface area contributed by atoms with Gasteiger partial charge in [0, 0.05) is 11.5 Å². The van der Waals surface area contributed by atoms with Gasteiger partial charge in [0.2, 0.25) is 0 Å². The molecule has 1 heterocycles. The average Bonchev–Trinajstić information content (AvgIpc) is 3.05. The van der Waals surface area contributed by atoms with Gasteiger partial charge in [-0.25, -0.2) is 0 Å². The highest BCUT2D eigenvalue weighted by molar-refractivity contribution is 6.06. The molecule has 0 amide bonds. The van der Waals surface area contributed by atoms with Gasteiger partial charge in [-0.1, -0.05) is 18.2 Å². The molecule has 2 aromatic rings. The highest BCUT2D eigenvalue weighted by atomic mass is 16.5. The van der Waals surface area contributed by atoms with Crippen LogP contribution in [0.5, 0.6) is 11.5 Å². The number of fused-ring (bicyclic) bond motifs is 3. The number of ether oxygens (including phenoxy) is 2. The second-order valence-corrected chi connectivity index (χ2v) is 6.05. The molecular formula is C19H20N2O2. The minimum atomic E-state index is 0.232. The van der Waals surface area contributed by atoms with Crippen LogP contribution >= 0.6 is 0 Å². The van der Waals surface area contributed by atoms with Crippen molar-refractivity contribution in [1.29, 1.82) is 0 Å². The van der Waals surface area contributed by atoms with E-state index in [2.05, 4.69) is 34.8 Å². The number of benzene rings is 2. The number of rotatable bonds is 3. The van der Waals surface area contributed by atoms with E-state index in [1.807, 2.05) is 18.2 Å². The maximum absolute atomic E-state index is 5.38. The van der Waals surface area contributed by atoms with Crippen LogP contribution in [-0.2, 0) is 6.42 Å². The molecule has 2 aliphatic rings. The van der Waals surface area contributed by atoms with Crippen molar-refractivity contribution in [2.45, 2.75) is 18.9 Å². The van der Waals surface area contributed by atoms with E-state index >= 15 is 0 Å². The highest BCUT2D eigenvalue weighted by Gasteiger charge is 2.37. The first-order valence-electron chi connectivity index (χ1n) is 7.94. The fourth-order valence-corrected chi connectivity index (χ4v) is 3.60. The number of nitrogens with zero attached hydrogens (tertiary/aromatic N) is 1. The summed E-state index contributed by atoms with van der Waals surface area (Å²) in [5.41, 5.74) is 8.33. The van der Waals surface area contributed by atoms with E-state index < -0.39 is 0 Å². The Morgan fingerprint density at radius 1 is 1.00 bits per heavy atom. The molecule has 4 heteroatoms. The first kappa shape index (κ1) is 14.1. The van der Waals surface area contributed by atoms with Crippen LogP contribution in [-0.4, -0.2) is 19.9 Å². The molecule has 0 bridgehead atoms. The standard InChI is InChI=1S/C19H20N2O2/c1-22-14-7-4-13(5-8-14)18-16-10-6-12-3-9-15(23-2)11-17(12)19(16)21-20-18/h3-5,7-9,11,16,18,20H,6,10H2,1-2H3/t16-,18?/m0/s1. The Kier molecular flexibility index (Phi) is 3.45. The monoisotopic (exact) mass is 308 g/mol. The van der Waals surface area contributed by atoms with Crippen molar-refractivity contribution in [2.24, 2.45) is 11.0 Å². The third-order valence-electron chi connectivity index (χ3n) is 4.87. The van der Waals surface area contributed by atoms with Crippen molar-refractivity contribution in [2.75, 3.05) is 14.2 Å². The fourth-order valence-electron chi connectivity index (χ4n) is 3.60. The molecule has 2 atom stereocenters. The minimum absolute atomic E-state index is 0.232. The predicted octanol–water partition coefficient (Wildman–Crippen LogP) is 3.31. The summed E-state index contributed by atoms with van der Waals surface area (Å²) in [6.07, 6.45) is 2.19. The van der Waals surface area contributed by atoms with Gasteiger partial charge in [-0.2, -0.15) is 5.10 Å². The van der Waals surface area contributed by atoms with Gasteiger partial charge in [-0.15, -0.1) is 0 Å². The number of methoxy groups -OCH3 is 2. The molecule has 1 unspecified atom stereocenters. The zero-order chi connectivity index (χ0) is 15.8. The second-order valence-electron chi connectivity index (χ2n) is 6.05. The lowest BCUT2D eigenvalue weighted by molar-refractivity contribution is 0.412. The molecule has 118 valence electrons. The molecule has 1 N–H and O–H groups in total. The van der Waals surface area contributed by atoms with E-state index in [9.17, 15) is 0 Å². The molecule has 2 aromatic carbocycles. The lowest BCUT2D eigenvalue weighted by Crippen LogP contribution is -2.26. The van der Waals surface area contributed by atoms with Gasteiger partial charge in [0.25, 0.3) is 0 Å². The lowest BCUT2D eigenvalue weighted by Gasteiger charge is -2.26. The number of aryl methyl sites for hydroxylation is 1. The largest absolute Gasteiger partial charge is 0.497 e. The molecule has 23 heavy (non-hydrogen) atoms. The number of hydrogen-bond acceptors (Lipinski definition) is 4. The van der Waals surface area contributed by atoms with Crippen LogP contribution in [0.1, 0.15) is 29.2 Å². The molecule has 1 aliphatic carbocycles. The summed E-state index contributed by atoms with van der Waals surface area (Å²) in [5, 5.41) is 4.65. The summed E-state index contributed by atoms with van der Waals surface area (Å²) >= 11 is 0. The van der Waals surface area contributed by atoms with Gasteiger partial charge >= 0.3 is 0 Å². The average molecular weight is 308 g/mol. The SMILES string of the molecule is COc1ccc(C2NN=C3c4cc(OC)ccc4CC[C@H]32)cc1. The van der Waals surface area contributed by atoms with Gasteiger partial charge in [-0.3, -0.25) is 0 Å². The van der Waals surface area contributed by atoms with Crippen LogP contribution in [0.3, 0.4) is 0 Å². The van der Waals surface area contributed by atoms with E-state index in [1.54, 1.807) is 14.2 Å². The van der Waals surface area contributed by atoms with Crippen LogP contribution in [0.2, 0.25) is 0 Å². The van der Waals surface area contributed by atoms with Crippen LogP contribution in [0, 0.1) is 5.92 Å². The smallest absolute Gasteiger partial charge is 0.119 e. The van der Waals surface area contributed by atoms with Crippen molar-refractivity contribution in [1.82, 2.24) is 5.43 Å². The van der Waals surface area contributed by atoms with Crippen LogP contribution in [0.25, 0.3) is 0 Å². The minimum Gasteiger partial charge on any atom is -0.497 e. The maximum atomic E-state index is 5.38. The number of hydrogen-bond donors (Lipinski definition) is 1. The summed E-state index contributed by atoms with van der Waals surface area (Å²) in [4.78, 5) is 0. The summed E-state index contributed by atoms with van der Waals surface area (Å²) in [7, 11) is 3.40. The van der Waals surface area contributed by atoms with Crippen LogP contribution in [0.4, 0.5) is 0 Å². The molecule has 4 nitrogen and oxygen atoms in total. The third kappa shape index (κ3) is 2.34. The van der Waals surface area contributed by atoms with Crippen LogP contribution < -0.4 is 14.9 Å². The molecule has 0 saturated heterocycles. The molecule has 0 aromatic heterocycles. The van der Waals surface area contributed by atoms with E-state index in [0.29, 0.717) is 5.92 Å². The Bertz CT molecular complexity index is 752. The Hall–Kier alpha value is -2.49. The Labute approximate surface area is 136 Å².